The van der Waals surface area contributed by atoms with Crippen molar-refractivity contribution in [3.05, 3.63) is 52.6 Å². The number of hydrogen-bond acceptors (Lipinski definition) is 6. The third kappa shape index (κ3) is 3.17. The molecule has 0 radical (unpaired) electrons. The van der Waals surface area contributed by atoms with E-state index in [1.54, 1.807) is 25.4 Å². The molecule has 3 rings (SSSR count). The zero-order chi connectivity index (χ0) is 17.1. The van der Waals surface area contributed by atoms with E-state index >= 15 is 0 Å². The summed E-state index contributed by atoms with van der Waals surface area (Å²) in [6, 6.07) is 7.14. The van der Waals surface area contributed by atoms with Crippen molar-refractivity contribution in [2.45, 2.75) is 26.4 Å². The van der Waals surface area contributed by atoms with Gasteiger partial charge >= 0.3 is 0 Å². The molecular formula is C16H17N5O3. The van der Waals surface area contributed by atoms with E-state index in [2.05, 4.69) is 15.3 Å². The minimum Gasteiger partial charge on any atom is -0.423 e. The van der Waals surface area contributed by atoms with Crippen molar-refractivity contribution in [1.82, 2.24) is 24.9 Å². The minimum atomic E-state index is -0.291. The van der Waals surface area contributed by atoms with Crippen LogP contribution in [0.4, 0.5) is 0 Å². The quantitative estimate of drug-likeness (QED) is 0.694. The average molecular weight is 327 g/mol. The topological polar surface area (TPSA) is 94.1 Å². The van der Waals surface area contributed by atoms with Gasteiger partial charge in [-0.05, 0) is 6.07 Å². The van der Waals surface area contributed by atoms with Crippen LogP contribution in [0.15, 0.2) is 39.7 Å². The summed E-state index contributed by atoms with van der Waals surface area (Å²) in [7, 11) is 1.62. The highest BCUT2D eigenvalue weighted by Gasteiger charge is 2.15. The van der Waals surface area contributed by atoms with E-state index in [1.165, 1.54) is 4.90 Å². The summed E-state index contributed by atoms with van der Waals surface area (Å²) in [5.41, 5.74) is -0.291. The summed E-state index contributed by atoms with van der Waals surface area (Å²) >= 11 is 0. The lowest BCUT2D eigenvalue weighted by molar-refractivity contribution is -0.131. The van der Waals surface area contributed by atoms with Crippen LogP contribution in [-0.4, -0.2) is 37.8 Å². The number of amides is 1. The third-order valence-corrected chi connectivity index (χ3v) is 3.66. The summed E-state index contributed by atoms with van der Waals surface area (Å²) in [5, 5.41) is 13.1. The van der Waals surface area contributed by atoms with Crippen LogP contribution in [0.5, 0.6) is 0 Å². The molecule has 1 amide bonds. The first-order valence-corrected chi connectivity index (χ1v) is 7.58. The number of aromatic nitrogens is 4. The number of aryl methyl sites for hydroxylation is 1. The maximum atomic E-state index is 12.4. The van der Waals surface area contributed by atoms with E-state index in [0.717, 1.165) is 10.1 Å². The first kappa shape index (κ1) is 15.9. The number of nitrogens with zero attached hydrogens (tertiary/aromatic N) is 5. The molecule has 8 heteroatoms. The number of likely N-dealkylation sites (N-methyl/N-ethyl adjacent to an activating group) is 1. The Kier molecular flexibility index (Phi) is 4.37. The second kappa shape index (κ2) is 6.61. The standard InChI is InChI=1S/C16H17N5O3/c1-3-13-18-19-14(24-13)9-20(2)15(22)10-21-16(23)12-7-5-4-6-11(12)8-17-21/h4-8H,3,9-10H2,1-2H3. The lowest BCUT2D eigenvalue weighted by Crippen LogP contribution is -2.34. The van der Waals surface area contributed by atoms with Crippen molar-refractivity contribution in [3.63, 3.8) is 0 Å². The predicted octanol–water partition coefficient (Wildman–Crippen LogP) is 1.00. The Bertz CT molecular complexity index is 931. The van der Waals surface area contributed by atoms with Crippen molar-refractivity contribution in [2.24, 2.45) is 0 Å². The van der Waals surface area contributed by atoms with Crippen LogP contribution in [-0.2, 0) is 24.3 Å². The zero-order valence-electron chi connectivity index (χ0n) is 13.5. The van der Waals surface area contributed by atoms with Gasteiger partial charge in [0.05, 0.1) is 18.1 Å². The Labute approximate surface area is 137 Å². The molecule has 8 nitrogen and oxygen atoms in total. The van der Waals surface area contributed by atoms with Crippen LogP contribution < -0.4 is 5.56 Å². The number of carbonyl (C=O) groups is 1. The van der Waals surface area contributed by atoms with E-state index in [-0.39, 0.29) is 24.6 Å². The van der Waals surface area contributed by atoms with Crippen molar-refractivity contribution in [1.29, 1.82) is 0 Å². The minimum absolute atomic E-state index is 0.144. The maximum Gasteiger partial charge on any atom is 0.275 e. The fourth-order valence-corrected chi connectivity index (χ4v) is 2.28. The summed E-state index contributed by atoms with van der Waals surface area (Å²) in [4.78, 5) is 26.1. The molecule has 24 heavy (non-hydrogen) atoms. The van der Waals surface area contributed by atoms with Gasteiger partial charge in [-0.3, -0.25) is 9.59 Å². The van der Waals surface area contributed by atoms with Gasteiger partial charge in [0, 0.05) is 18.9 Å². The Morgan fingerprint density at radius 2 is 2.00 bits per heavy atom. The molecule has 0 bridgehead atoms. The van der Waals surface area contributed by atoms with Crippen LogP contribution in [0.3, 0.4) is 0 Å². The van der Waals surface area contributed by atoms with E-state index in [1.807, 2.05) is 19.1 Å². The summed E-state index contributed by atoms with van der Waals surface area (Å²) < 4.78 is 6.54. The number of hydrogen-bond donors (Lipinski definition) is 0. The van der Waals surface area contributed by atoms with Crippen LogP contribution >= 0.6 is 0 Å². The van der Waals surface area contributed by atoms with E-state index in [0.29, 0.717) is 23.6 Å². The molecule has 0 saturated carbocycles. The average Bonchev–Trinajstić information content (AvgIpc) is 3.05. The lowest BCUT2D eigenvalue weighted by Gasteiger charge is -2.15. The van der Waals surface area contributed by atoms with Crippen LogP contribution in [0.25, 0.3) is 10.8 Å². The first-order chi connectivity index (χ1) is 11.6. The van der Waals surface area contributed by atoms with Gasteiger partial charge < -0.3 is 9.32 Å². The molecule has 3 aromatic rings. The predicted molar refractivity (Wildman–Crippen MR) is 86.2 cm³/mol. The monoisotopic (exact) mass is 327 g/mol. The molecule has 0 aliphatic rings. The van der Waals surface area contributed by atoms with E-state index < -0.39 is 0 Å². The molecule has 0 N–H and O–H groups in total. The molecule has 124 valence electrons. The molecule has 0 saturated heterocycles. The van der Waals surface area contributed by atoms with Crippen LogP contribution in [0.2, 0.25) is 0 Å². The second-order valence-corrected chi connectivity index (χ2v) is 5.39. The SMILES string of the molecule is CCc1nnc(CN(C)C(=O)Cn2ncc3ccccc3c2=O)o1. The summed E-state index contributed by atoms with van der Waals surface area (Å²) in [6.45, 7) is 1.95. The number of benzene rings is 1. The molecule has 2 aromatic heterocycles. The number of fused-ring (bicyclic) bond motifs is 1. The molecule has 0 spiro atoms. The smallest absolute Gasteiger partial charge is 0.275 e. The molecule has 0 atom stereocenters. The fraction of sp³-hybridized carbons (Fsp3) is 0.312. The second-order valence-electron chi connectivity index (χ2n) is 5.39. The van der Waals surface area contributed by atoms with Crippen LogP contribution in [0, 0.1) is 0 Å². The van der Waals surface area contributed by atoms with Gasteiger partial charge in [0.25, 0.3) is 5.56 Å². The fourth-order valence-electron chi connectivity index (χ4n) is 2.28. The maximum absolute atomic E-state index is 12.4. The highest BCUT2D eigenvalue weighted by molar-refractivity contribution is 5.81. The normalized spacial score (nSPS) is 10.9. The van der Waals surface area contributed by atoms with Crippen LogP contribution in [0.1, 0.15) is 18.7 Å². The lowest BCUT2D eigenvalue weighted by atomic mass is 10.2. The first-order valence-electron chi connectivity index (χ1n) is 7.58. The Balaban J connectivity index is 1.74. The Hall–Kier alpha value is -3.03. The van der Waals surface area contributed by atoms with E-state index in [9.17, 15) is 9.59 Å². The largest absolute Gasteiger partial charge is 0.423 e. The molecule has 0 aliphatic heterocycles. The van der Waals surface area contributed by atoms with Gasteiger partial charge in [-0.25, -0.2) is 4.68 Å². The molecule has 0 unspecified atom stereocenters. The summed E-state index contributed by atoms with van der Waals surface area (Å²) in [5.74, 6) is 0.621. The Morgan fingerprint density at radius 3 is 2.75 bits per heavy atom. The van der Waals surface area contributed by atoms with Gasteiger partial charge in [0.1, 0.15) is 6.54 Å². The molecule has 1 aromatic carbocycles. The highest BCUT2D eigenvalue weighted by Crippen LogP contribution is 2.07. The summed E-state index contributed by atoms with van der Waals surface area (Å²) in [6.07, 6.45) is 2.22. The van der Waals surface area contributed by atoms with E-state index in [4.69, 9.17) is 4.42 Å². The van der Waals surface area contributed by atoms with Crippen molar-refractivity contribution >= 4 is 16.7 Å². The Morgan fingerprint density at radius 1 is 1.25 bits per heavy atom. The number of carbonyl (C=O) groups excluding carboxylic acids is 1. The van der Waals surface area contributed by atoms with Gasteiger partial charge in [-0.15, -0.1) is 10.2 Å². The molecule has 0 aliphatic carbocycles. The van der Waals surface area contributed by atoms with Gasteiger partial charge in [0.2, 0.25) is 17.7 Å². The van der Waals surface area contributed by atoms with Gasteiger partial charge in [0.15, 0.2) is 0 Å². The van der Waals surface area contributed by atoms with Crippen molar-refractivity contribution in [3.8, 4) is 0 Å². The molecule has 2 heterocycles. The number of rotatable bonds is 5. The molecular weight excluding hydrogens is 310 g/mol. The molecule has 0 fully saturated rings. The van der Waals surface area contributed by atoms with Gasteiger partial charge in [-0.1, -0.05) is 25.1 Å². The van der Waals surface area contributed by atoms with Crippen molar-refractivity contribution < 1.29 is 9.21 Å². The van der Waals surface area contributed by atoms with Crippen molar-refractivity contribution in [2.75, 3.05) is 7.05 Å². The third-order valence-electron chi connectivity index (χ3n) is 3.66. The zero-order valence-corrected chi connectivity index (χ0v) is 13.5. The van der Waals surface area contributed by atoms with Gasteiger partial charge in [-0.2, -0.15) is 5.10 Å². The highest BCUT2D eigenvalue weighted by atomic mass is 16.4.